The number of nitrogens with zero attached hydrogens (tertiary/aromatic N) is 1. The van der Waals surface area contributed by atoms with Crippen LogP contribution >= 0.6 is 0 Å². The van der Waals surface area contributed by atoms with Crippen molar-refractivity contribution < 1.29 is 9.84 Å². The third kappa shape index (κ3) is 2.78. The molecule has 0 fully saturated rings. The molecule has 1 heterocycles. The average Bonchev–Trinajstić information content (AvgIpc) is 2.37. The molecule has 0 amide bonds. The third-order valence-electron chi connectivity index (χ3n) is 2.86. The summed E-state index contributed by atoms with van der Waals surface area (Å²) in [6.45, 7) is 2.83. The molecule has 0 saturated heterocycles. The number of aryl methyl sites for hydroxylation is 1. The number of aliphatic hydroxyl groups is 1. The first-order valence-corrected chi connectivity index (χ1v) is 5.97. The third-order valence-corrected chi connectivity index (χ3v) is 2.86. The van der Waals surface area contributed by atoms with Gasteiger partial charge in [-0.3, -0.25) is 4.98 Å². The summed E-state index contributed by atoms with van der Waals surface area (Å²) in [6, 6.07) is 8.00. The van der Waals surface area contributed by atoms with Gasteiger partial charge in [0.05, 0.1) is 18.2 Å². The van der Waals surface area contributed by atoms with Gasteiger partial charge in [-0.1, -0.05) is 18.2 Å². The zero-order valence-corrected chi connectivity index (χ0v) is 10.7. The first kappa shape index (κ1) is 12.8. The van der Waals surface area contributed by atoms with E-state index in [1.807, 2.05) is 31.2 Å². The molecule has 0 bridgehead atoms. The van der Waals surface area contributed by atoms with Crippen LogP contribution in [0.2, 0.25) is 0 Å². The number of pyridine rings is 1. The molecule has 4 heteroatoms. The van der Waals surface area contributed by atoms with Crippen molar-refractivity contribution in [2.24, 2.45) is 0 Å². The molecule has 0 saturated carbocycles. The second kappa shape index (κ2) is 5.80. The standard InChI is InChI=1S/C14H18N2O2/c1-10-4-3-5-12-13(6-7-15-14(10)12)16-8-11(17)9-18-2/h3-7,11,17H,8-9H2,1-2H3,(H,15,16). The van der Waals surface area contributed by atoms with E-state index >= 15 is 0 Å². The van der Waals surface area contributed by atoms with Gasteiger partial charge in [0.1, 0.15) is 0 Å². The van der Waals surface area contributed by atoms with Crippen LogP contribution in [0.3, 0.4) is 0 Å². The molecule has 0 aliphatic heterocycles. The van der Waals surface area contributed by atoms with Crippen molar-refractivity contribution in [2.45, 2.75) is 13.0 Å². The number of ether oxygens (including phenoxy) is 1. The number of hydrogen-bond acceptors (Lipinski definition) is 4. The van der Waals surface area contributed by atoms with E-state index in [1.165, 1.54) is 0 Å². The molecule has 4 nitrogen and oxygen atoms in total. The number of aromatic nitrogens is 1. The van der Waals surface area contributed by atoms with Gasteiger partial charge in [-0.25, -0.2) is 0 Å². The lowest BCUT2D eigenvalue weighted by atomic mass is 10.1. The summed E-state index contributed by atoms with van der Waals surface area (Å²) >= 11 is 0. The first-order valence-electron chi connectivity index (χ1n) is 5.97. The van der Waals surface area contributed by atoms with Gasteiger partial charge in [0.2, 0.25) is 0 Å². The maximum Gasteiger partial charge on any atom is 0.0945 e. The van der Waals surface area contributed by atoms with Crippen LogP contribution in [0.4, 0.5) is 5.69 Å². The number of benzene rings is 1. The van der Waals surface area contributed by atoms with Crippen molar-refractivity contribution >= 4 is 16.6 Å². The zero-order valence-electron chi connectivity index (χ0n) is 10.7. The van der Waals surface area contributed by atoms with Crippen LogP contribution in [0.5, 0.6) is 0 Å². The fourth-order valence-electron chi connectivity index (χ4n) is 1.96. The van der Waals surface area contributed by atoms with Crippen molar-refractivity contribution in [2.75, 3.05) is 25.6 Å². The van der Waals surface area contributed by atoms with Crippen molar-refractivity contribution in [3.05, 3.63) is 36.0 Å². The normalized spacial score (nSPS) is 12.6. The smallest absolute Gasteiger partial charge is 0.0945 e. The molecule has 1 aromatic heterocycles. The van der Waals surface area contributed by atoms with Crippen LogP contribution in [0.1, 0.15) is 5.56 Å². The first-order chi connectivity index (χ1) is 8.72. The van der Waals surface area contributed by atoms with E-state index in [2.05, 4.69) is 10.3 Å². The quantitative estimate of drug-likeness (QED) is 0.846. The molecule has 18 heavy (non-hydrogen) atoms. The molecule has 1 unspecified atom stereocenters. The number of methoxy groups -OCH3 is 1. The molecule has 0 spiro atoms. The summed E-state index contributed by atoms with van der Waals surface area (Å²) in [5, 5.41) is 13.9. The second-order valence-electron chi connectivity index (χ2n) is 4.32. The van der Waals surface area contributed by atoms with E-state index in [1.54, 1.807) is 13.3 Å². The van der Waals surface area contributed by atoms with E-state index in [-0.39, 0.29) is 0 Å². The van der Waals surface area contributed by atoms with Crippen molar-refractivity contribution in [3.8, 4) is 0 Å². The number of hydrogen-bond donors (Lipinski definition) is 2. The van der Waals surface area contributed by atoms with Gasteiger partial charge >= 0.3 is 0 Å². The Morgan fingerprint density at radius 1 is 1.39 bits per heavy atom. The molecule has 96 valence electrons. The van der Waals surface area contributed by atoms with Crippen molar-refractivity contribution in [1.29, 1.82) is 0 Å². The summed E-state index contributed by atoms with van der Waals surface area (Å²) in [5.41, 5.74) is 3.12. The molecule has 2 N–H and O–H groups in total. The van der Waals surface area contributed by atoms with Gasteiger partial charge < -0.3 is 15.2 Å². The summed E-state index contributed by atoms with van der Waals surface area (Å²) in [4.78, 5) is 4.38. The van der Waals surface area contributed by atoms with E-state index < -0.39 is 6.10 Å². The monoisotopic (exact) mass is 246 g/mol. The number of rotatable bonds is 5. The highest BCUT2D eigenvalue weighted by molar-refractivity contribution is 5.92. The molecular formula is C14H18N2O2. The zero-order chi connectivity index (χ0) is 13.0. The minimum absolute atomic E-state index is 0.328. The molecule has 0 radical (unpaired) electrons. The summed E-state index contributed by atoms with van der Waals surface area (Å²) in [7, 11) is 1.58. The van der Waals surface area contributed by atoms with Crippen molar-refractivity contribution in [3.63, 3.8) is 0 Å². The lowest BCUT2D eigenvalue weighted by molar-refractivity contribution is 0.0728. The molecule has 1 atom stereocenters. The molecule has 1 aromatic carbocycles. The molecular weight excluding hydrogens is 228 g/mol. The summed E-state index contributed by atoms with van der Waals surface area (Å²) < 4.78 is 4.90. The van der Waals surface area contributed by atoms with Crippen LogP contribution in [0.15, 0.2) is 30.5 Å². The predicted octanol–water partition coefficient (Wildman–Crippen LogP) is 1.96. The Labute approximate surface area is 107 Å². The Morgan fingerprint density at radius 2 is 2.22 bits per heavy atom. The van der Waals surface area contributed by atoms with Gasteiger partial charge in [-0.05, 0) is 18.6 Å². The summed E-state index contributed by atoms with van der Waals surface area (Å²) in [6.07, 6.45) is 1.27. The van der Waals surface area contributed by atoms with Gasteiger partial charge in [0.25, 0.3) is 0 Å². The number of fused-ring (bicyclic) bond motifs is 1. The maximum atomic E-state index is 9.63. The lowest BCUT2D eigenvalue weighted by Gasteiger charge is -2.13. The Morgan fingerprint density at radius 3 is 3.00 bits per heavy atom. The molecule has 0 aliphatic carbocycles. The van der Waals surface area contributed by atoms with Crippen LogP contribution in [-0.2, 0) is 4.74 Å². The number of anilines is 1. The number of nitrogens with one attached hydrogen (secondary N) is 1. The SMILES string of the molecule is COCC(O)CNc1ccnc2c(C)cccc12. The molecule has 2 aromatic rings. The number of para-hydroxylation sites is 1. The fraction of sp³-hybridized carbons (Fsp3) is 0.357. The van der Waals surface area contributed by atoms with Crippen LogP contribution in [0, 0.1) is 6.92 Å². The average molecular weight is 246 g/mol. The van der Waals surface area contributed by atoms with Crippen LogP contribution in [0.25, 0.3) is 10.9 Å². The fourth-order valence-corrected chi connectivity index (χ4v) is 1.96. The Balaban J connectivity index is 2.21. The lowest BCUT2D eigenvalue weighted by Crippen LogP contribution is -2.24. The van der Waals surface area contributed by atoms with E-state index in [9.17, 15) is 5.11 Å². The minimum atomic E-state index is -0.511. The van der Waals surface area contributed by atoms with Crippen LogP contribution in [-0.4, -0.2) is 36.5 Å². The highest BCUT2D eigenvalue weighted by Gasteiger charge is 2.06. The molecule has 0 aliphatic rings. The van der Waals surface area contributed by atoms with Gasteiger partial charge in [0.15, 0.2) is 0 Å². The van der Waals surface area contributed by atoms with Gasteiger partial charge in [0, 0.05) is 30.9 Å². The second-order valence-corrected chi connectivity index (χ2v) is 4.32. The van der Waals surface area contributed by atoms with E-state index in [0.717, 1.165) is 22.2 Å². The largest absolute Gasteiger partial charge is 0.389 e. The van der Waals surface area contributed by atoms with Crippen LogP contribution < -0.4 is 5.32 Å². The summed E-state index contributed by atoms with van der Waals surface area (Å²) in [5.74, 6) is 0. The highest BCUT2D eigenvalue weighted by Crippen LogP contribution is 2.23. The predicted molar refractivity (Wildman–Crippen MR) is 72.9 cm³/mol. The van der Waals surface area contributed by atoms with Gasteiger partial charge in [-0.15, -0.1) is 0 Å². The maximum absolute atomic E-state index is 9.63. The van der Waals surface area contributed by atoms with Gasteiger partial charge in [-0.2, -0.15) is 0 Å². The Bertz CT molecular complexity index is 528. The minimum Gasteiger partial charge on any atom is -0.389 e. The van der Waals surface area contributed by atoms with Crippen molar-refractivity contribution in [1.82, 2.24) is 4.98 Å². The molecule has 2 rings (SSSR count). The Hall–Kier alpha value is -1.65. The van der Waals surface area contributed by atoms with E-state index in [4.69, 9.17) is 4.74 Å². The number of aliphatic hydroxyl groups excluding tert-OH is 1. The Kier molecular flexibility index (Phi) is 4.12. The topological polar surface area (TPSA) is 54.4 Å². The van der Waals surface area contributed by atoms with E-state index in [0.29, 0.717) is 13.2 Å². The highest BCUT2D eigenvalue weighted by atomic mass is 16.5.